The lowest BCUT2D eigenvalue weighted by Gasteiger charge is -2.13. The number of hydrogen-bond acceptors (Lipinski definition) is 2. The van der Waals surface area contributed by atoms with Crippen LogP contribution in [-0.2, 0) is 0 Å². The highest BCUT2D eigenvalue weighted by Crippen LogP contribution is 2.02. The van der Waals surface area contributed by atoms with Crippen LogP contribution in [0.3, 0.4) is 0 Å². The van der Waals surface area contributed by atoms with E-state index in [0.29, 0.717) is 0 Å². The summed E-state index contributed by atoms with van der Waals surface area (Å²) in [7, 11) is 0. The predicted octanol–water partition coefficient (Wildman–Crippen LogP) is 2.44. The normalized spacial score (nSPS) is 18.2. The zero-order valence-electron chi connectivity index (χ0n) is 8.57. The van der Waals surface area contributed by atoms with E-state index in [4.69, 9.17) is 5.73 Å². The fourth-order valence-corrected chi connectivity index (χ4v) is 0.804. The molecule has 0 radical (unpaired) electrons. The Kier molecular flexibility index (Phi) is 5.81. The molecule has 1 atom stereocenters. The van der Waals surface area contributed by atoms with Crippen LogP contribution in [0.1, 0.15) is 20.8 Å². The SMILES string of the molecule is C\C=C/C=N\C=C/C(C)(N)/C=C/C. The van der Waals surface area contributed by atoms with Gasteiger partial charge in [0, 0.05) is 12.4 Å². The summed E-state index contributed by atoms with van der Waals surface area (Å²) in [5.41, 5.74) is 5.48. The van der Waals surface area contributed by atoms with Crippen LogP contribution >= 0.6 is 0 Å². The van der Waals surface area contributed by atoms with Gasteiger partial charge in [-0.25, -0.2) is 0 Å². The summed E-state index contributed by atoms with van der Waals surface area (Å²) in [5.74, 6) is 0. The number of allylic oxidation sites excluding steroid dienone is 3. The van der Waals surface area contributed by atoms with E-state index in [0.717, 1.165) is 0 Å². The Bertz CT molecular complexity index is 232. The Labute approximate surface area is 80.6 Å². The van der Waals surface area contributed by atoms with Crippen LogP contribution in [0.2, 0.25) is 0 Å². The monoisotopic (exact) mass is 178 g/mol. The first-order valence-corrected chi connectivity index (χ1v) is 4.37. The maximum absolute atomic E-state index is 5.88. The van der Waals surface area contributed by atoms with Gasteiger partial charge in [-0.1, -0.05) is 18.2 Å². The Morgan fingerprint density at radius 1 is 1.15 bits per heavy atom. The van der Waals surface area contributed by atoms with Gasteiger partial charge in [-0.05, 0) is 32.9 Å². The van der Waals surface area contributed by atoms with Crippen molar-refractivity contribution in [3.05, 3.63) is 36.6 Å². The molecule has 2 nitrogen and oxygen atoms in total. The quantitative estimate of drug-likeness (QED) is 0.521. The van der Waals surface area contributed by atoms with E-state index in [1.807, 2.05) is 51.2 Å². The molecule has 0 aliphatic carbocycles. The summed E-state index contributed by atoms with van der Waals surface area (Å²) in [4.78, 5) is 4.02. The minimum absolute atomic E-state index is 0.401. The largest absolute Gasteiger partial charge is 0.319 e. The van der Waals surface area contributed by atoms with Crippen molar-refractivity contribution >= 4 is 6.21 Å². The van der Waals surface area contributed by atoms with Gasteiger partial charge in [-0.15, -0.1) is 0 Å². The van der Waals surface area contributed by atoms with Gasteiger partial charge in [0.15, 0.2) is 0 Å². The smallest absolute Gasteiger partial charge is 0.0514 e. The summed E-state index contributed by atoms with van der Waals surface area (Å²) >= 11 is 0. The molecule has 0 saturated heterocycles. The van der Waals surface area contributed by atoms with Gasteiger partial charge in [0.25, 0.3) is 0 Å². The van der Waals surface area contributed by atoms with Crippen LogP contribution in [0.15, 0.2) is 41.6 Å². The van der Waals surface area contributed by atoms with Crippen LogP contribution < -0.4 is 5.73 Å². The van der Waals surface area contributed by atoms with Gasteiger partial charge in [-0.3, -0.25) is 4.99 Å². The van der Waals surface area contributed by atoms with E-state index in [2.05, 4.69) is 4.99 Å². The highest BCUT2D eigenvalue weighted by molar-refractivity contribution is 5.71. The maximum Gasteiger partial charge on any atom is 0.0514 e. The highest BCUT2D eigenvalue weighted by Gasteiger charge is 2.06. The molecule has 0 amide bonds. The standard InChI is InChI=1S/C11H18N2/c1-4-6-9-13-10-8-11(3,12)7-5-2/h4-10H,12H2,1-3H3/b6-4-,7-5+,10-8-,13-9-. The molecule has 13 heavy (non-hydrogen) atoms. The molecule has 0 aromatic heterocycles. The number of hydrogen-bond donors (Lipinski definition) is 1. The van der Waals surface area contributed by atoms with Gasteiger partial charge < -0.3 is 5.73 Å². The van der Waals surface area contributed by atoms with Crippen molar-refractivity contribution in [1.82, 2.24) is 0 Å². The lowest BCUT2D eigenvalue weighted by Crippen LogP contribution is -2.30. The van der Waals surface area contributed by atoms with Crippen molar-refractivity contribution in [1.29, 1.82) is 0 Å². The zero-order valence-corrected chi connectivity index (χ0v) is 8.57. The molecule has 0 saturated carbocycles. The van der Waals surface area contributed by atoms with Gasteiger partial charge in [0.1, 0.15) is 0 Å². The average Bonchev–Trinajstić information content (AvgIpc) is 2.04. The van der Waals surface area contributed by atoms with Crippen molar-refractivity contribution in [2.75, 3.05) is 0 Å². The summed E-state index contributed by atoms with van der Waals surface area (Å²) in [6.45, 7) is 5.82. The number of nitrogens with two attached hydrogens (primary N) is 1. The first-order valence-electron chi connectivity index (χ1n) is 4.37. The van der Waals surface area contributed by atoms with Crippen molar-refractivity contribution < 1.29 is 0 Å². The van der Waals surface area contributed by atoms with Crippen LogP contribution in [0, 0.1) is 0 Å². The van der Waals surface area contributed by atoms with E-state index in [9.17, 15) is 0 Å². The summed E-state index contributed by atoms with van der Waals surface area (Å²) in [6, 6.07) is 0. The molecule has 2 heteroatoms. The number of nitrogens with zero attached hydrogens (tertiary/aromatic N) is 1. The minimum atomic E-state index is -0.401. The molecular weight excluding hydrogens is 160 g/mol. The molecular formula is C11H18N2. The molecule has 72 valence electrons. The second-order valence-electron chi connectivity index (χ2n) is 3.01. The van der Waals surface area contributed by atoms with E-state index >= 15 is 0 Å². The molecule has 0 aliphatic heterocycles. The Morgan fingerprint density at radius 2 is 1.85 bits per heavy atom. The van der Waals surface area contributed by atoms with E-state index in [-0.39, 0.29) is 0 Å². The summed E-state index contributed by atoms with van der Waals surface area (Å²) in [6.07, 6.45) is 12.9. The molecule has 0 aromatic rings. The lowest BCUT2D eigenvalue weighted by molar-refractivity contribution is 0.732. The first kappa shape index (κ1) is 11.8. The second kappa shape index (κ2) is 6.38. The molecule has 2 N–H and O–H groups in total. The third-order valence-electron chi connectivity index (χ3n) is 1.41. The lowest BCUT2D eigenvalue weighted by atomic mass is 10.0. The van der Waals surface area contributed by atoms with Gasteiger partial charge in [0.2, 0.25) is 0 Å². The van der Waals surface area contributed by atoms with E-state index in [1.54, 1.807) is 12.4 Å². The van der Waals surface area contributed by atoms with Crippen LogP contribution in [0.5, 0.6) is 0 Å². The van der Waals surface area contributed by atoms with Gasteiger partial charge in [0.05, 0.1) is 5.54 Å². The highest BCUT2D eigenvalue weighted by atomic mass is 14.7. The zero-order chi connectivity index (χ0) is 10.2. The Balaban J connectivity index is 4.10. The first-order chi connectivity index (χ1) is 6.12. The molecule has 0 aromatic carbocycles. The van der Waals surface area contributed by atoms with Crippen molar-refractivity contribution in [3.63, 3.8) is 0 Å². The summed E-state index contributed by atoms with van der Waals surface area (Å²) in [5, 5.41) is 0. The minimum Gasteiger partial charge on any atom is -0.319 e. The van der Waals surface area contributed by atoms with Crippen molar-refractivity contribution in [2.24, 2.45) is 10.7 Å². The summed E-state index contributed by atoms with van der Waals surface area (Å²) < 4.78 is 0. The van der Waals surface area contributed by atoms with Crippen molar-refractivity contribution in [2.45, 2.75) is 26.3 Å². The number of aliphatic imine (C=N–C) groups is 1. The van der Waals surface area contributed by atoms with Crippen LogP contribution in [0.4, 0.5) is 0 Å². The van der Waals surface area contributed by atoms with Crippen molar-refractivity contribution in [3.8, 4) is 0 Å². The topological polar surface area (TPSA) is 38.4 Å². The second-order valence-corrected chi connectivity index (χ2v) is 3.01. The van der Waals surface area contributed by atoms with E-state index in [1.165, 1.54) is 0 Å². The molecule has 0 fully saturated rings. The van der Waals surface area contributed by atoms with Crippen LogP contribution in [0.25, 0.3) is 0 Å². The number of rotatable bonds is 4. The molecule has 0 bridgehead atoms. The molecule has 0 aliphatic rings. The Morgan fingerprint density at radius 3 is 2.38 bits per heavy atom. The predicted molar refractivity (Wildman–Crippen MR) is 59.9 cm³/mol. The molecule has 0 heterocycles. The Hall–Kier alpha value is -1.15. The maximum atomic E-state index is 5.88. The fraction of sp³-hybridized carbons (Fsp3) is 0.364. The molecule has 1 unspecified atom stereocenters. The van der Waals surface area contributed by atoms with Gasteiger partial charge in [-0.2, -0.15) is 0 Å². The fourth-order valence-electron chi connectivity index (χ4n) is 0.804. The van der Waals surface area contributed by atoms with Gasteiger partial charge >= 0.3 is 0 Å². The molecule has 0 spiro atoms. The van der Waals surface area contributed by atoms with E-state index < -0.39 is 5.54 Å². The average molecular weight is 178 g/mol. The van der Waals surface area contributed by atoms with Crippen LogP contribution in [-0.4, -0.2) is 11.8 Å². The third kappa shape index (κ3) is 7.22. The third-order valence-corrected chi connectivity index (χ3v) is 1.41. The molecule has 0 rings (SSSR count).